The molecule has 2 aromatic rings. The number of hydrogen-bond acceptors (Lipinski definition) is 4. The minimum absolute atomic E-state index is 0.116. The maximum atomic E-state index is 10.2. The third kappa shape index (κ3) is 3.28. The van der Waals surface area contributed by atoms with Crippen LogP contribution in [0.3, 0.4) is 0 Å². The summed E-state index contributed by atoms with van der Waals surface area (Å²) in [5.41, 5.74) is 2.86. The van der Waals surface area contributed by atoms with E-state index in [4.69, 9.17) is 4.74 Å². The molecule has 21 heavy (non-hydrogen) atoms. The Morgan fingerprint density at radius 1 is 1.10 bits per heavy atom. The van der Waals surface area contributed by atoms with E-state index in [1.54, 1.807) is 13.2 Å². The number of methoxy groups -OCH3 is 1. The average molecular weight is 286 g/mol. The van der Waals surface area contributed by atoms with Crippen LogP contribution in [0.5, 0.6) is 11.5 Å². The Balaban J connectivity index is 2.26. The Morgan fingerprint density at radius 3 is 2.24 bits per heavy atom. The Bertz CT molecular complexity index is 596. The molecule has 0 saturated carbocycles. The maximum absolute atomic E-state index is 10.2. The van der Waals surface area contributed by atoms with Crippen LogP contribution in [0, 0.1) is 0 Å². The number of nitrogens with one attached hydrogen (secondary N) is 1. The predicted octanol–water partition coefficient (Wildman–Crippen LogP) is 3.45. The minimum atomic E-state index is 0.116. The molecule has 0 fully saturated rings. The van der Waals surface area contributed by atoms with Crippen molar-refractivity contribution in [1.29, 1.82) is 0 Å². The highest BCUT2D eigenvalue weighted by Gasteiger charge is 2.11. The highest BCUT2D eigenvalue weighted by atomic mass is 16.5. The van der Waals surface area contributed by atoms with E-state index in [1.807, 2.05) is 62.3 Å². The summed E-state index contributed by atoms with van der Waals surface area (Å²) in [5, 5.41) is 13.3. The van der Waals surface area contributed by atoms with Crippen molar-refractivity contribution < 1.29 is 9.84 Å². The molecule has 0 heterocycles. The molecule has 2 aromatic carbocycles. The molecule has 0 aliphatic heterocycles. The van der Waals surface area contributed by atoms with Crippen LogP contribution in [0.1, 0.15) is 18.5 Å². The molecule has 0 aliphatic carbocycles. The van der Waals surface area contributed by atoms with Gasteiger partial charge in [0.05, 0.1) is 7.11 Å². The zero-order chi connectivity index (χ0) is 15.4. The van der Waals surface area contributed by atoms with Gasteiger partial charge in [-0.1, -0.05) is 6.07 Å². The predicted molar refractivity (Wildman–Crippen MR) is 86.6 cm³/mol. The lowest BCUT2D eigenvalue weighted by Gasteiger charge is -2.21. The molecule has 2 N–H and O–H groups in total. The average Bonchev–Trinajstić information content (AvgIpc) is 2.53. The van der Waals surface area contributed by atoms with E-state index < -0.39 is 0 Å². The van der Waals surface area contributed by atoms with Crippen LogP contribution in [-0.4, -0.2) is 26.3 Å². The van der Waals surface area contributed by atoms with Gasteiger partial charge in [0.25, 0.3) is 0 Å². The first-order valence-electron chi connectivity index (χ1n) is 6.94. The Labute approximate surface area is 126 Å². The van der Waals surface area contributed by atoms with Gasteiger partial charge in [0.15, 0.2) is 0 Å². The molecule has 0 saturated heterocycles. The Morgan fingerprint density at radius 2 is 1.71 bits per heavy atom. The fourth-order valence-electron chi connectivity index (χ4n) is 2.22. The fourth-order valence-corrected chi connectivity index (χ4v) is 2.22. The van der Waals surface area contributed by atoms with E-state index in [0.717, 1.165) is 22.7 Å². The number of phenolic OH excluding ortho intramolecular Hbond substituents is 1. The van der Waals surface area contributed by atoms with E-state index in [-0.39, 0.29) is 6.04 Å². The lowest BCUT2D eigenvalue weighted by Crippen LogP contribution is -2.13. The summed E-state index contributed by atoms with van der Waals surface area (Å²) >= 11 is 0. The molecule has 112 valence electrons. The van der Waals surface area contributed by atoms with Gasteiger partial charge >= 0.3 is 0 Å². The topological polar surface area (TPSA) is 44.7 Å². The summed E-state index contributed by atoms with van der Waals surface area (Å²) in [6.45, 7) is 2.02. The first-order valence-corrected chi connectivity index (χ1v) is 6.94. The molecule has 1 atom stereocenters. The van der Waals surface area contributed by atoms with Gasteiger partial charge in [-0.15, -0.1) is 0 Å². The van der Waals surface area contributed by atoms with E-state index in [1.165, 1.54) is 0 Å². The van der Waals surface area contributed by atoms with E-state index in [2.05, 4.69) is 5.32 Å². The second kappa shape index (κ2) is 6.50. The standard InChI is InChI=1S/C17H22N2O2/c1-12(18-2)16-10-7-14(11-17(16)20)19(3)13-5-8-15(21-4)9-6-13/h5-12,18,20H,1-4H3. The molecular weight excluding hydrogens is 264 g/mol. The summed E-state index contributed by atoms with van der Waals surface area (Å²) in [4.78, 5) is 2.02. The van der Waals surface area contributed by atoms with E-state index >= 15 is 0 Å². The molecule has 0 bridgehead atoms. The molecule has 0 radical (unpaired) electrons. The Kier molecular flexibility index (Phi) is 4.70. The van der Waals surface area contributed by atoms with Crippen molar-refractivity contribution in [2.24, 2.45) is 0 Å². The molecule has 0 aliphatic rings. The van der Waals surface area contributed by atoms with Gasteiger partial charge in [0.1, 0.15) is 11.5 Å². The first-order chi connectivity index (χ1) is 10.1. The molecular formula is C17H22N2O2. The van der Waals surface area contributed by atoms with Gasteiger partial charge < -0.3 is 20.1 Å². The first kappa shape index (κ1) is 15.2. The largest absolute Gasteiger partial charge is 0.508 e. The van der Waals surface area contributed by atoms with Crippen LogP contribution in [0.15, 0.2) is 42.5 Å². The number of aromatic hydroxyl groups is 1. The second-order valence-corrected chi connectivity index (χ2v) is 5.01. The summed E-state index contributed by atoms with van der Waals surface area (Å²) in [5.74, 6) is 1.13. The van der Waals surface area contributed by atoms with Gasteiger partial charge in [-0.3, -0.25) is 0 Å². The quantitative estimate of drug-likeness (QED) is 0.883. The molecule has 4 nitrogen and oxygen atoms in total. The third-order valence-corrected chi connectivity index (χ3v) is 3.76. The van der Waals surface area contributed by atoms with Crippen molar-refractivity contribution in [1.82, 2.24) is 5.32 Å². The van der Waals surface area contributed by atoms with Crippen molar-refractivity contribution in [3.63, 3.8) is 0 Å². The van der Waals surface area contributed by atoms with Crippen LogP contribution in [0.2, 0.25) is 0 Å². The number of nitrogens with zero attached hydrogens (tertiary/aromatic N) is 1. The SMILES string of the molecule is CNC(C)c1ccc(N(C)c2ccc(OC)cc2)cc1O. The highest BCUT2D eigenvalue weighted by molar-refractivity contribution is 5.65. The van der Waals surface area contributed by atoms with Crippen LogP contribution in [-0.2, 0) is 0 Å². The fraction of sp³-hybridized carbons (Fsp3) is 0.294. The van der Waals surface area contributed by atoms with Crippen molar-refractivity contribution >= 4 is 11.4 Å². The zero-order valence-electron chi connectivity index (χ0n) is 12.9. The van der Waals surface area contributed by atoms with Crippen molar-refractivity contribution in [3.8, 4) is 11.5 Å². The van der Waals surface area contributed by atoms with E-state index in [9.17, 15) is 5.11 Å². The number of phenols is 1. The Hall–Kier alpha value is -2.20. The van der Waals surface area contributed by atoms with Gasteiger partial charge in [-0.05, 0) is 44.3 Å². The number of hydrogen-bond donors (Lipinski definition) is 2. The van der Waals surface area contributed by atoms with Crippen molar-refractivity contribution in [2.45, 2.75) is 13.0 Å². The summed E-state index contributed by atoms with van der Waals surface area (Å²) in [6, 6.07) is 13.7. The molecule has 0 spiro atoms. The van der Waals surface area contributed by atoms with E-state index in [0.29, 0.717) is 5.75 Å². The summed E-state index contributed by atoms with van der Waals surface area (Å²) < 4.78 is 5.16. The van der Waals surface area contributed by atoms with Crippen LogP contribution < -0.4 is 15.0 Å². The molecule has 0 aromatic heterocycles. The second-order valence-electron chi connectivity index (χ2n) is 5.01. The van der Waals surface area contributed by atoms with Crippen LogP contribution in [0.25, 0.3) is 0 Å². The van der Waals surface area contributed by atoms with Crippen LogP contribution in [0.4, 0.5) is 11.4 Å². The zero-order valence-corrected chi connectivity index (χ0v) is 12.9. The van der Waals surface area contributed by atoms with Gasteiger partial charge in [0, 0.05) is 36.1 Å². The highest BCUT2D eigenvalue weighted by Crippen LogP contribution is 2.32. The maximum Gasteiger partial charge on any atom is 0.122 e. The van der Waals surface area contributed by atoms with Crippen molar-refractivity contribution in [3.05, 3.63) is 48.0 Å². The number of ether oxygens (including phenoxy) is 1. The normalized spacial score (nSPS) is 12.0. The number of anilines is 2. The minimum Gasteiger partial charge on any atom is -0.508 e. The lowest BCUT2D eigenvalue weighted by atomic mass is 10.1. The number of benzene rings is 2. The smallest absolute Gasteiger partial charge is 0.122 e. The van der Waals surface area contributed by atoms with Gasteiger partial charge in [0.2, 0.25) is 0 Å². The molecule has 2 rings (SSSR count). The third-order valence-electron chi connectivity index (χ3n) is 3.76. The number of rotatable bonds is 5. The summed E-state index contributed by atoms with van der Waals surface area (Å²) in [6.07, 6.45) is 0. The molecule has 0 amide bonds. The molecule has 1 unspecified atom stereocenters. The monoisotopic (exact) mass is 286 g/mol. The van der Waals surface area contributed by atoms with Gasteiger partial charge in [-0.25, -0.2) is 0 Å². The lowest BCUT2D eigenvalue weighted by molar-refractivity contribution is 0.415. The van der Waals surface area contributed by atoms with Gasteiger partial charge in [-0.2, -0.15) is 0 Å². The van der Waals surface area contributed by atoms with Crippen molar-refractivity contribution in [2.75, 3.05) is 26.1 Å². The summed E-state index contributed by atoms with van der Waals surface area (Å²) in [7, 11) is 5.50. The molecule has 4 heteroatoms. The van der Waals surface area contributed by atoms with Crippen LogP contribution >= 0.6 is 0 Å².